The number of benzene rings is 3. The van der Waals surface area contributed by atoms with Gasteiger partial charge in [-0.1, -0.05) is 60.7 Å². The predicted octanol–water partition coefficient (Wildman–Crippen LogP) is 5.22. The van der Waals surface area contributed by atoms with Crippen molar-refractivity contribution in [3.63, 3.8) is 0 Å². The Hall–Kier alpha value is -3.15. The molecule has 1 saturated heterocycles. The van der Waals surface area contributed by atoms with Crippen molar-refractivity contribution in [3.8, 4) is 0 Å². The zero-order valence-electron chi connectivity index (χ0n) is 20.0. The summed E-state index contributed by atoms with van der Waals surface area (Å²) in [6.45, 7) is 5.44. The number of rotatable bonds is 3. The Bertz CT molecular complexity index is 1360. The van der Waals surface area contributed by atoms with Crippen LogP contribution in [0.4, 0.5) is 5.69 Å². The van der Waals surface area contributed by atoms with Crippen molar-refractivity contribution < 1.29 is 14.4 Å². The molecule has 2 bridgehead atoms. The lowest BCUT2D eigenvalue weighted by atomic mass is 9.54. The van der Waals surface area contributed by atoms with Crippen LogP contribution in [-0.4, -0.2) is 28.7 Å². The van der Waals surface area contributed by atoms with E-state index in [2.05, 4.69) is 5.32 Å². The summed E-state index contributed by atoms with van der Waals surface area (Å²) < 4.78 is 0. The van der Waals surface area contributed by atoms with Crippen molar-refractivity contribution in [1.29, 1.82) is 0 Å². The number of imide groups is 1. The quantitative estimate of drug-likeness (QED) is 0.381. The Labute approximate surface area is 219 Å². The van der Waals surface area contributed by atoms with Crippen molar-refractivity contribution in [3.05, 3.63) is 100 Å². The molecular weight excluding hydrogens is 495 g/mol. The molecule has 0 aromatic heterocycles. The average molecular weight is 519 g/mol. The summed E-state index contributed by atoms with van der Waals surface area (Å²) >= 11 is 14.9. The molecule has 5 nitrogen and oxygen atoms in total. The first-order chi connectivity index (χ1) is 17.1. The van der Waals surface area contributed by atoms with Gasteiger partial charge in [0.25, 0.3) is 0 Å². The van der Waals surface area contributed by atoms with Crippen LogP contribution in [0.1, 0.15) is 40.3 Å². The highest BCUT2D eigenvalue weighted by Crippen LogP contribution is 2.69. The maximum atomic E-state index is 14.0. The first-order valence-electron chi connectivity index (χ1n) is 11.9. The average Bonchev–Trinajstić information content (AvgIpc) is 3.15. The number of likely N-dealkylation sites (tertiary alicyclic amines) is 1. The molecule has 3 atom stereocenters. The number of amides is 3. The molecule has 3 amide bonds. The summed E-state index contributed by atoms with van der Waals surface area (Å²) in [7, 11) is 0. The number of carbonyl (C=O) groups is 3. The minimum atomic E-state index is -1.26. The molecule has 3 aromatic carbocycles. The molecule has 1 heterocycles. The van der Waals surface area contributed by atoms with Crippen LogP contribution in [0.15, 0.2) is 66.7 Å². The van der Waals surface area contributed by atoms with E-state index in [0.29, 0.717) is 5.69 Å². The van der Waals surface area contributed by atoms with Crippen molar-refractivity contribution in [2.75, 3.05) is 5.32 Å². The number of aryl methyl sites for hydroxylation is 1. The first kappa shape index (κ1) is 23.3. The fourth-order valence-electron chi connectivity index (χ4n) is 6.31. The molecule has 0 spiro atoms. The fraction of sp³-hybridized carbons (Fsp3) is 0.276. The maximum Gasteiger partial charge on any atom is 0.247 e. The number of hydrogen-bond donors (Lipinski definition) is 1. The highest BCUT2D eigenvalue weighted by molar-refractivity contribution is 6.36. The molecule has 0 unspecified atom stereocenters. The molecule has 7 heteroatoms. The molecule has 4 aliphatic rings. The van der Waals surface area contributed by atoms with Gasteiger partial charge < -0.3 is 5.32 Å². The number of alkyl halides is 2. The minimum absolute atomic E-state index is 0.446. The van der Waals surface area contributed by atoms with Gasteiger partial charge in [0.05, 0.1) is 11.8 Å². The molecule has 3 aliphatic carbocycles. The third-order valence-electron chi connectivity index (χ3n) is 8.25. The maximum absolute atomic E-state index is 14.0. The van der Waals surface area contributed by atoms with E-state index in [1.165, 1.54) is 0 Å². The number of carbonyl (C=O) groups excluding carboxylic acids is 3. The zero-order chi connectivity index (χ0) is 25.6. The number of nitrogens with one attached hydrogen (secondary N) is 1. The van der Waals surface area contributed by atoms with Crippen LogP contribution in [0.2, 0.25) is 0 Å². The van der Waals surface area contributed by atoms with E-state index in [-0.39, 0.29) is 0 Å². The SMILES string of the molecule is Cc1cccc(NC(=O)[C@H](C)N2C(=O)[C@@H]3[C@H](C2=O)C2(Cl)c4ccccc4C3(Cl)c3ccccc32)c1C. The molecule has 3 aromatic rings. The lowest BCUT2D eigenvalue weighted by molar-refractivity contribution is -0.146. The Morgan fingerprint density at radius 1 is 0.806 bits per heavy atom. The van der Waals surface area contributed by atoms with Crippen molar-refractivity contribution >= 4 is 46.6 Å². The lowest BCUT2D eigenvalue weighted by Crippen LogP contribution is -2.57. The van der Waals surface area contributed by atoms with E-state index >= 15 is 0 Å². The summed E-state index contributed by atoms with van der Waals surface area (Å²) in [6, 6.07) is 19.5. The normalized spacial score (nSPS) is 28.4. The minimum Gasteiger partial charge on any atom is -0.324 e. The molecular formula is C29H24Cl2N2O3. The third kappa shape index (κ3) is 2.70. The smallest absolute Gasteiger partial charge is 0.247 e. The van der Waals surface area contributed by atoms with Crippen LogP contribution < -0.4 is 5.32 Å². The summed E-state index contributed by atoms with van der Waals surface area (Å²) in [6.07, 6.45) is 0. The molecule has 7 rings (SSSR count). The monoisotopic (exact) mass is 518 g/mol. The van der Waals surface area contributed by atoms with Crippen LogP contribution >= 0.6 is 23.2 Å². The van der Waals surface area contributed by atoms with E-state index < -0.39 is 45.3 Å². The molecule has 0 saturated carbocycles. The van der Waals surface area contributed by atoms with Crippen molar-refractivity contribution in [2.24, 2.45) is 11.8 Å². The second kappa shape index (κ2) is 7.67. The van der Waals surface area contributed by atoms with E-state index in [9.17, 15) is 14.4 Å². The Kier molecular flexibility index (Phi) is 4.96. The number of halogens is 2. The van der Waals surface area contributed by atoms with Gasteiger partial charge in [0, 0.05) is 5.69 Å². The van der Waals surface area contributed by atoms with Crippen LogP contribution in [-0.2, 0) is 24.1 Å². The van der Waals surface area contributed by atoms with E-state index in [1.807, 2.05) is 74.5 Å². The van der Waals surface area contributed by atoms with Gasteiger partial charge in [-0.15, -0.1) is 23.2 Å². The molecule has 0 radical (unpaired) electrons. The Morgan fingerprint density at radius 3 is 1.69 bits per heavy atom. The van der Waals surface area contributed by atoms with Crippen molar-refractivity contribution in [1.82, 2.24) is 4.90 Å². The highest BCUT2D eigenvalue weighted by Gasteiger charge is 2.73. The zero-order valence-corrected chi connectivity index (χ0v) is 21.5. The summed E-state index contributed by atoms with van der Waals surface area (Å²) in [5.74, 6) is -3.25. The summed E-state index contributed by atoms with van der Waals surface area (Å²) in [5, 5.41) is 2.89. The molecule has 1 fully saturated rings. The first-order valence-corrected chi connectivity index (χ1v) is 12.7. The number of nitrogens with zero attached hydrogens (tertiary/aromatic N) is 1. The van der Waals surface area contributed by atoms with Gasteiger partial charge in [0.2, 0.25) is 17.7 Å². The largest absolute Gasteiger partial charge is 0.324 e. The fourth-order valence-corrected chi connectivity index (χ4v) is 7.41. The van der Waals surface area contributed by atoms with E-state index in [1.54, 1.807) is 13.0 Å². The number of anilines is 1. The highest BCUT2D eigenvalue weighted by atomic mass is 35.5. The van der Waals surface area contributed by atoms with Gasteiger partial charge in [0.15, 0.2) is 0 Å². The molecule has 36 heavy (non-hydrogen) atoms. The van der Waals surface area contributed by atoms with Gasteiger partial charge in [-0.2, -0.15) is 0 Å². The van der Waals surface area contributed by atoms with E-state index in [4.69, 9.17) is 23.2 Å². The lowest BCUT2D eigenvalue weighted by Gasteiger charge is -2.54. The third-order valence-corrected chi connectivity index (χ3v) is 9.53. The van der Waals surface area contributed by atoms with Gasteiger partial charge >= 0.3 is 0 Å². The molecule has 1 aliphatic heterocycles. The Morgan fingerprint density at radius 2 is 1.25 bits per heavy atom. The Balaban J connectivity index is 1.45. The second-order valence-corrected chi connectivity index (χ2v) is 11.1. The summed E-state index contributed by atoms with van der Waals surface area (Å²) in [4.78, 5) is 39.9. The van der Waals surface area contributed by atoms with Gasteiger partial charge in [0.1, 0.15) is 15.8 Å². The summed E-state index contributed by atoms with van der Waals surface area (Å²) in [5.41, 5.74) is 5.53. The van der Waals surface area contributed by atoms with Crippen LogP contribution in [0.3, 0.4) is 0 Å². The predicted molar refractivity (Wildman–Crippen MR) is 139 cm³/mol. The van der Waals surface area contributed by atoms with Crippen LogP contribution in [0, 0.1) is 25.7 Å². The van der Waals surface area contributed by atoms with E-state index in [0.717, 1.165) is 38.3 Å². The van der Waals surface area contributed by atoms with Gasteiger partial charge in [-0.25, -0.2) is 0 Å². The molecule has 1 N–H and O–H groups in total. The topological polar surface area (TPSA) is 66.5 Å². The second-order valence-electron chi connectivity index (χ2n) is 9.93. The molecule has 182 valence electrons. The standard InChI is InChI=1S/C29H24Cl2N2O3/c1-15-9-8-14-22(16(15)2)32-25(34)17(3)33-26(35)23-24(27(33)36)29(31)19-11-5-4-10-18(19)28(23,30)20-12-6-7-13-21(20)29/h4-14,17,23-24H,1-3H3,(H,32,34)/t17-,23-,24+,28?,29?/m0/s1. The van der Waals surface area contributed by atoms with Crippen LogP contribution in [0.5, 0.6) is 0 Å². The number of hydrogen-bond acceptors (Lipinski definition) is 3. The van der Waals surface area contributed by atoms with Crippen LogP contribution in [0.25, 0.3) is 0 Å². The van der Waals surface area contributed by atoms with Gasteiger partial charge in [-0.05, 0) is 60.2 Å². The van der Waals surface area contributed by atoms with Gasteiger partial charge in [-0.3, -0.25) is 19.3 Å². The van der Waals surface area contributed by atoms with Crippen molar-refractivity contribution in [2.45, 2.75) is 36.6 Å².